The van der Waals surface area contributed by atoms with E-state index in [0.29, 0.717) is 18.0 Å². The van der Waals surface area contributed by atoms with Gasteiger partial charge in [0.25, 0.3) is 5.91 Å². The van der Waals surface area contributed by atoms with Crippen molar-refractivity contribution in [2.45, 2.75) is 12.8 Å². The van der Waals surface area contributed by atoms with Gasteiger partial charge in [-0.15, -0.1) is 0 Å². The van der Waals surface area contributed by atoms with Crippen LogP contribution in [-0.4, -0.2) is 48.7 Å². The summed E-state index contributed by atoms with van der Waals surface area (Å²) < 4.78 is 13.4. The molecule has 2 N–H and O–H groups in total. The smallest absolute Gasteiger partial charge is 0.251 e. The van der Waals surface area contributed by atoms with Crippen molar-refractivity contribution in [2.24, 2.45) is 5.92 Å². The highest BCUT2D eigenvalue weighted by molar-refractivity contribution is 5.95. The molecule has 26 heavy (non-hydrogen) atoms. The lowest BCUT2D eigenvalue weighted by atomic mass is 9.98. The molecule has 3 rings (SSSR count). The number of carbonyl (C=O) groups excluding carboxylic acids is 1. The van der Waals surface area contributed by atoms with Crippen LogP contribution < -0.4 is 5.32 Å². The Labute approximate surface area is 153 Å². The number of piperidine rings is 1. The number of nitrogens with one attached hydrogen (secondary N) is 1. The molecule has 5 heteroatoms. The number of amides is 1. The van der Waals surface area contributed by atoms with E-state index in [-0.39, 0.29) is 18.3 Å². The van der Waals surface area contributed by atoms with Crippen LogP contribution >= 0.6 is 0 Å². The molecule has 0 aliphatic carbocycles. The number of aliphatic hydroxyl groups excluding tert-OH is 1. The summed E-state index contributed by atoms with van der Waals surface area (Å²) in [5, 5.41) is 12.1. The van der Waals surface area contributed by atoms with Crippen LogP contribution in [0.15, 0.2) is 48.5 Å². The van der Waals surface area contributed by atoms with E-state index in [1.54, 1.807) is 18.2 Å². The number of hydrogen-bond acceptors (Lipinski definition) is 3. The molecule has 0 aromatic heterocycles. The molecule has 0 unspecified atom stereocenters. The highest BCUT2D eigenvalue weighted by Gasteiger charge is 2.18. The van der Waals surface area contributed by atoms with Crippen molar-refractivity contribution in [3.8, 4) is 11.1 Å². The average Bonchev–Trinajstić information content (AvgIpc) is 2.68. The molecule has 0 bridgehead atoms. The molecule has 1 aliphatic rings. The summed E-state index contributed by atoms with van der Waals surface area (Å²) in [5.74, 6) is 0.0159. The Morgan fingerprint density at radius 2 is 1.81 bits per heavy atom. The van der Waals surface area contributed by atoms with Gasteiger partial charge in [0.15, 0.2) is 0 Å². The highest BCUT2D eigenvalue weighted by atomic mass is 19.1. The van der Waals surface area contributed by atoms with Crippen molar-refractivity contribution in [3.05, 3.63) is 59.9 Å². The molecule has 2 aromatic carbocycles. The van der Waals surface area contributed by atoms with Gasteiger partial charge in [0, 0.05) is 25.3 Å². The summed E-state index contributed by atoms with van der Waals surface area (Å²) in [5.41, 5.74) is 2.15. The minimum Gasteiger partial charge on any atom is -0.396 e. The number of hydrogen-bond donors (Lipinski definition) is 2. The second-order valence-electron chi connectivity index (χ2n) is 6.81. The molecule has 0 saturated carbocycles. The molecule has 4 nitrogen and oxygen atoms in total. The second-order valence-corrected chi connectivity index (χ2v) is 6.81. The molecular weight excluding hydrogens is 331 g/mol. The monoisotopic (exact) mass is 356 g/mol. The van der Waals surface area contributed by atoms with Gasteiger partial charge < -0.3 is 15.3 Å². The van der Waals surface area contributed by atoms with Crippen molar-refractivity contribution in [2.75, 3.05) is 32.8 Å². The first kappa shape index (κ1) is 18.5. The SMILES string of the molecule is O=C(NCCN1CCC(CO)CC1)c1cccc(-c2cccc(F)c2)c1. The Morgan fingerprint density at radius 3 is 2.50 bits per heavy atom. The Bertz CT molecular complexity index is 742. The van der Waals surface area contributed by atoms with Crippen molar-refractivity contribution in [1.29, 1.82) is 0 Å². The number of aliphatic hydroxyl groups is 1. The largest absolute Gasteiger partial charge is 0.396 e. The van der Waals surface area contributed by atoms with Crippen LogP contribution in [-0.2, 0) is 0 Å². The number of likely N-dealkylation sites (tertiary alicyclic amines) is 1. The van der Waals surface area contributed by atoms with E-state index in [1.807, 2.05) is 18.2 Å². The van der Waals surface area contributed by atoms with E-state index in [2.05, 4.69) is 10.2 Å². The zero-order valence-electron chi connectivity index (χ0n) is 14.8. The number of halogens is 1. The molecule has 1 heterocycles. The van der Waals surface area contributed by atoms with Gasteiger partial charge in [-0.3, -0.25) is 4.79 Å². The lowest BCUT2D eigenvalue weighted by Crippen LogP contribution is -2.40. The van der Waals surface area contributed by atoms with Crippen molar-refractivity contribution in [1.82, 2.24) is 10.2 Å². The fourth-order valence-electron chi connectivity index (χ4n) is 3.33. The summed E-state index contributed by atoms with van der Waals surface area (Å²) in [6.45, 7) is 3.61. The van der Waals surface area contributed by atoms with Crippen molar-refractivity contribution < 1.29 is 14.3 Å². The first-order chi connectivity index (χ1) is 12.7. The quantitative estimate of drug-likeness (QED) is 0.837. The molecule has 0 radical (unpaired) electrons. The van der Waals surface area contributed by atoms with Gasteiger partial charge in [-0.25, -0.2) is 4.39 Å². The molecule has 138 valence electrons. The summed E-state index contributed by atoms with van der Waals surface area (Å²) in [4.78, 5) is 14.7. The van der Waals surface area contributed by atoms with Crippen LogP contribution in [0.1, 0.15) is 23.2 Å². The van der Waals surface area contributed by atoms with Gasteiger partial charge in [0.1, 0.15) is 5.82 Å². The van der Waals surface area contributed by atoms with Crippen LogP contribution in [0.5, 0.6) is 0 Å². The Kier molecular flexibility index (Phi) is 6.36. The number of rotatable bonds is 6. The molecule has 0 spiro atoms. The maximum absolute atomic E-state index is 13.4. The highest BCUT2D eigenvalue weighted by Crippen LogP contribution is 2.21. The maximum atomic E-state index is 13.4. The van der Waals surface area contributed by atoms with Gasteiger partial charge in [0.05, 0.1) is 0 Å². The van der Waals surface area contributed by atoms with Gasteiger partial charge in [-0.05, 0) is 67.2 Å². The topological polar surface area (TPSA) is 52.6 Å². The van der Waals surface area contributed by atoms with E-state index >= 15 is 0 Å². The lowest BCUT2D eigenvalue weighted by molar-refractivity contribution is 0.0939. The van der Waals surface area contributed by atoms with Crippen molar-refractivity contribution >= 4 is 5.91 Å². The number of carbonyl (C=O) groups is 1. The van der Waals surface area contributed by atoms with Crippen LogP contribution in [0.4, 0.5) is 4.39 Å². The first-order valence-electron chi connectivity index (χ1n) is 9.13. The third-order valence-electron chi connectivity index (χ3n) is 4.96. The van der Waals surface area contributed by atoms with Gasteiger partial charge in [-0.2, -0.15) is 0 Å². The van der Waals surface area contributed by atoms with Crippen LogP contribution in [0, 0.1) is 11.7 Å². The van der Waals surface area contributed by atoms with Crippen LogP contribution in [0.2, 0.25) is 0 Å². The van der Waals surface area contributed by atoms with E-state index < -0.39 is 0 Å². The molecule has 1 saturated heterocycles. The predicted molar refractivity (Wildman–Crippen MR) is 100 cm³/mol. The van der Waals surface area contributed by atoms with E-state index in [0.717, 1.165) is 43.6 Å². The molecular formula is C21H25FN2O2. The maximum Gasteiger partial charge on any atom is 0.251 e. The Morgan fingerprint density at radius 1 is 1.12 bits per heavy atom. The zero-order chi connectivity index (χ0) is 18.4. The lowest BCUT2D eigenvalue weighted by Gasteiger charge is -2.30. The summed E-state index contributed by atoms with van der Waals surface area (Å²) in [7, 11) is 0. The van der Waals surface area contributed by atoms with E-state index in [1.165, 1.54) is 12.1 Å². The molecule has 1 fully saturated rings. The fraction of sp³-hybridized carbons (Fsp3) is 0.381. The fourth-order valence-corrected chi connectivity index (χ4v) is 3.33. The number of nitrogens with zero attached hydrogens (tertiary/aromatic N) is 1. The Hall–Kier alpha value is -2.24. The van der Waals surface area contributed by atoms with Crippen molar-refractivity contribution in [3.63, 3.8) is 0 Å². The second kappa shape index (κ2) is 8.92. The minimum absolute atomic E-state index is 0.117. The van der Waals surface area contributed by atoms with E-state index in [4.69, 9.17) is 0 Å². The molecule has 2 aromatic rings. The molecule has 0 atom stereocenters. The normalized spacial score (nSPS) is 15.8. The minimum atomic E-state index is -0.290. The molecule has 1 aliphatic heterocycles. The van der Waals surface area contributed by atoms with E-state index in [9.17, 15) is 14.3 Å². The molecule has 1 amide bonds. The Balaban J connectivity index is 1.53. The third kappa shape index (κ3) is 4.90. The third-order valence-corrected chi connectivity index (χ3v) is 4.96. The summed E-state index contributed by atoms with van der Waals surface area (Å²) >= 11 is 0. The van der Waals surface area contributed by atoms with Gasteiger partial charge in [0.2, 0.25) is 0 Å². The van der Waals surface area contributed by atoms with Gasteiger partial charge in [-0.1, -0.05) is 24.3 Å². The van der Waals surface area contributed by atoms with Crippen LogP contribution in [0.25, 0.3) is 11.1 Å². The number of benzene rings is 2. The average molecular weight is 356 g/mol. The summed E-state index contributed by atoms with van der Waals surface area (Å²) in [6.07, 6.45) is 2.03. The summed E-state index contributed by atoms with van der Waals surface area (Å²) in [6, 6.07) is 13.6. The standard InChI is InChI=1S/C21H25FN2O2/c22-20-6-2-4-18(14-20)17-3-1-5-19(13-17)21(26)23-9-12-24-10-7-16(15-25)8-11-24/h1-6,13-14,16,25H,7-12,15H2,(H,23,26). The van der Waals surface area contributed by atoms with Gasteiger partial charge >= 0.3 is 0 Å². The zero-order valence-corrected chi connectivity index (χ0v) is 14.8. The predicted octanol–water partition coefficient (Wildman–Crippen LogP) is 2.93. The first-order valence-corrected chi connectivity index (χ1v) is 9.13. The van der Waals surface area contributed by atoms with Crippen LogP contribution in [0.3, 0.4) is 0 Å².